The molecule has 1 saturated heterocycles. The van der Waals surface area contributed by atoms with Gasteiger partial charge >= 0.3 is 0 Å². The number of nitriles is 1. The maximum absolute atomic E-state index is 12.8. The number of benzene rings is 2. The predicted octanol–water partition coefficient (Wildman–Crippen LogP) is 5.51. The van der Waals surface area contributed by atoms with Gasteiger partial charge in [-0.2, -0.15) is 5.26 Å². The van der Waals surface area contributed by atoms with Crippen LogP contribution in [0.3, 0.4) is 0 Å². The fraction of sp³-hybridized carbons (Fsp3) is 0.240. The number of aromatic nitrogens is 1. The van der Waals surface area contributed by atoms with Gasteiger partial charge in [0, 0.05) is 41.4 Å². The summed E-state index contributed by atoms with van der Waals surface area (Å²) in [5.41, 5.74) is 1.94. The average Bonchev–Trinajstić information content (AvgIpc) is 3.17. The van der Waals surface area contributed by atoms with Crippen LogP contribution in [0, 0.1) is 11.3 Å². The maximum Gasteiger partial charge on any atom is 0.266 e. The summed E-state index contributed by atoms with van der Waals surface area (Å²) in [5, 5.41) is 13.8. The van der Waals surface area contributed by atoms with Crippen LogP contribution in [0.5, 0.6) is 0 Å². The van der Waals surface area contributed by atoms with Gasteiger partial charge in [-0.25, -0.2) is 0 Å². The number of rotatable bonds is 5. The molecule has 168 valence electrons. The highest BCUT2D eigenvalue weighted by Gasteiger charge is 2.19. The summed E-state index contributed by atoms with van der Waals surface area (Å²) >= 11 is 11.9. The Morgan fingerprint density at radius 3 is 2.55 bits per heavy atom. The number of halogens is 2. The first-order valence-electron chi connectivity index (χ1n) is 10.7. The van der Waals surface area contributed by atoms with Crippen molar-refractivity contribution in [1.29, 1.82) is 5.26 Å². The lowest BCUT2D eigenvalue weighted by Crippen LogP contribution is -2.37. The first kappa shape index (κ1) is 22.9. The minimum atomic E-state index is -0.558. The van der Waals surface area contributed by atoms with E-state index in [1.165, 1.54) is 12.1 Å². The number of anilines is 1. The zero-order chi connectivity index (χ0) is 23.4. The largest absolute Gasteiger partial charge is 0.341 e. The van der Waals surface area contributed by atoms with Crippen LogP contribution in [-0.4, -0.2) is 34.4 Å². The van der Waals surface area contributed by atoms with Gasteiger partial charge in [0.05, 0.1) is 10.0 Å². The molecule has 3 aromatic rings. The van der Waals surface area contributed by atoms with Gasteiger partial charge in [0.25, 0.3) is 5.91 Å². The van der Waals surface area contributed by atoms with Gasteiger partial charge in [0.15, 0.2) is 0 Å². The lowest BCUT2D eigenvalue weighted by Gasteiger charge is -2.27. The predicted molar refractivity (Wildman–Crippen MR) is 131 cm³/mol. The molecule has 1 aromatic heterocycles. The number of amides is 2. The van der Waals surface area contributed by atoms with E-state index in [-0.39, 0.29) is 18.0 Å². The molecule has 2 amide bonds. The molecular formula is C25H22Cl2N4O2. The summed E-state index contributed by atoms with van der Waals surface area (Å²) in [6, 6.07) is 14.3. The van der Waals surface area contributed by atoms with Crippen molar-refractivity contribution in [2.45, 2.75) is 25.8 Å². The second-order valence-electron chi connectivity index (χ2n) is 7.92. The molecule has 6 nitrogen and oxygen atoms in total. The van der Waals surface area contributed by atoms with Crippen LogP contribution in [0.4, 0.5) is 5.69 Å². The van der Waals surface area contributed by atoms with E-state index in [1.807, 2.05) is 46.0 Å². The number of para-hydroxylation sites is 1. The molecule has 0 saturated carbocycles. The van der Waals surface area contributed by atoms with E-state index in [0.717, 1.165) is 43.3 Å². The molecule has 2 aromatic carbocycles. The van der Waals surface area contributed by atoms with Gasteiger partial charge in [-0.1, -0.05) is 41.4 Å². The van der Waals surface area contributed by atoms with Crippen LogP contribution >= 0.6 is 23.2 Å². The molecule has 0 atom stereocenters. The summed E-state index contributed by atoms with van der Waals surface area (Å²) in [6.45, 7) is 1.79. The van der Waals surface area contributed by atoms with E-state index in [9.17, 15) is 14.9 Å². The van der Waals surface area contributed by atoms with Crippen molar-refractivity contribution < 1.29 is 9.59 Å². The first-order chi connectivity index (χ1) is 16.0. The van der Waals surface area contributed by atoms with Gasteiger partial charge in [-0.3, -0.25) is 9.59 Å². The third-order valence-corrected chi connectivity index (χ3v) is 6.42. The molecule has 0 unspecified atom stereocenters. The molecular weight excluding hydrogens is 459 g/mol. The normalized spacial score (nSPS) is 14.2. The molecule has 8 heteroatoms. The Bertz CT molecular complexity index is 1280. The smallest absolute Gasteiger partial charge is 0.266 e. The van der Waals surface area contributed by atoms with Crippen molar-refractivity contribution in [1.82, 2.24) is 9.47 Å². The number of hydrogen-bond donors (Lipinski definition) is 1. The van der Waals surface area contributed by atoms with E-state index < -0.39 is 5.91 Å². The molecule has 0 radical (unpaired) electrons. The molecule has 0 bridgehead atoms. The SMILES string of the molecule is N#C/C(=C\c1cn(CC(=O)N2CCCCC2)c2ccccc12)C(=O)Nc1ccc(Cl)c(Cl)c1. The number of likely N-dealkylation sites (tertiary alicyclic amines) is 1. The minimum absolute atomic E-state index is 0.0636. The van der Waals surface area contributed by atoms with Crippen LogP contribution in [-0.2, 0) is 16.1 Å². The van der Waals surface area contributed by atoms with Gasteiger partial charge in [-0.05, 0) is 49.6 Å². The lowest BCUT2D eigenvalue weighted by molar-refractivity contribution is -0.132. The number of fused-ring (bicyclic) bond motifs is 1. The van der Waals surface area contributed by atoms with Crippen LogP contribution in [0.2, 0.25) is 10.0 Å². The maximum atomic E-state index is 12.8. The third kappa shape index (κ3) is 5.22. The zero-order valence-electron chi connectivity index (χ0n) is 17.9. The highest BCUT2D eigenvalue weighted by atomic mass is 35.5. The molecule has 1 fully saturated rings. The Hall–Kier alpha value is -3.27. The monoisotopic (exact) mass is 480 g/mol. The van der Waals surface area contributed by atoms with Gasteiger partial charge < -0.3 is 14.8 Å². The van der Waals surface area contributed by atoms with Crippen molar-refractivity contribution in [2.24, 2.45) is 0 Å². The Morgan fingerprint density at radius 2 is 1.82 bits per heavy atom. The Labute approximate surface area is 202 Å². The van der Waals surface area contributed by atoms with Crippen LogP contribution in [0.1, 0.15) is 24.8 Å². The van der Waals surface area contributed by atoms with Crippen molar-refractivity contribution in [3.63, 3.8) is 0 Å². The van der Waals surface area contributed by atoms with Gasteiger partial charge in [0.1, 0.15) is 18.2 Å². The van der Waals surface area contributed by atoms with E-state index in [1.54, 1.807) is 12.1 Å². The van der Waals surface area contributed by atoms with Crippen molar-refractivity contribution in [3.8, 4) is 6.07 Å². The summed E-state index contributed by atoms with van der Waals surface area (Å²) in [5.74, 6) is -0.485. The standard InChI is InChI=1S/C25H22Cl2N4O2/c26-21-9-8-19(13-22(21)27)29-25(33)17(14-28)12-18-15-31(23-7-3-2-6-20(18)23)16-24(32)30-10-4-1-5-11-30/h2-3,6-9,12-13,15H,1,4-5,10-11,16H2,(H,29,33)/b17-12+. The van der Waals surface area contributed by atoms with Crippen LogP contribution in [0.15, 0.2) is 54.2 Å². The Morgan fingerprint density at radius 1 is 1.06 bits per heavy atom. The van der Waals surface area contributed by atoms with Crippen molar-refractivity contribution in [3.05, 3.63) is 69.8 Å². The second-order valence-corrected chi connectivity index (χ2v) is 8.74. The minimum Gasteiger partial charge on any atom is -0.341 e. The molecule has 1 aliphatic rings. The molecule has 1 N–H and O–H groups in total. The fourth-order valence-corrected chi connectivity index (χ4v) is 4.28. The van der Waals surface area contributed by atoms with E-state index in [2.05, 4.69) is 5.32 Å². The Kier molecular flexibility index (Phi) is 7.02. The van der Waals surface area contributed by atoms with Gasteiger partial charge in [-0.15, -0.1) is 0 Å². The number of nitrogens with one attached hydrogen (secondary N) is 1. The lowest BCUT2D eigenvalue weighted by atomic mass is 10.1. The van der Waals surface area contributed by atoms with Crippen molar-refractivity contribution >= 4 is 57.7 Å². The summed E-state index contributed by atoms with van der Waals surface area (Å²) in [7, 11) is 0. The average molecular weight is 481 g/mol. The van der Waals surface area contributed by atoms with E-state index >= 15 is 0 Å². The molecule has 1 aliphatic heterocycles. The highest BCUT2D eigenvalue weighted by molar-refractivity contribution is 6.42. The van der Waals surface area contributed by atoms with E-state index in [0.29, 0.717) is 21.3 Å². The third-order valence-electron chi connectivity index (χ3n) is 5.68. The number of hydrogen-bond acceptors (Lipinski definition) is 3. The molecule has 33 heavy (non-hydrogen) atoms. The summed E-state index contributed by atoms with van der Waals surface area (Å²) in [6.07, 6.45) is 6.58. The number of carbonyl (C=O) groups is 2. The van der Waals surface area contributed by atoms with Gasteiger partial charge in [0.2, 0.25) is 5.91 Å². The van der Waals surface area contributed by atoms with Crippen LogP contribution in [0.25, 0.3) is 17.0 Å². The van der Waals surface area contributed by atoms with Crippen molar-refractivity contribution in [2.75, 3.05) is 18.4 Å². The molecule has 2 heterocycles. The second kappa shape index (κ2) is 10.1. The summed E-state index contributed by atoms with van der Waals surface area (Å²) < 4.78 is 1.88. The molecule has 0 aliphatic carbocycles. The quantitative estimate of drug-likeness (QED) is 0.386. The molecule has 0 spiro atoms. The number of carbonyl (C=O) groups excluding carboxylic acids is 2. The molecule has 4 rings (SSSR count). The Balaban J connectivity index is 1.61. The highest BCUT2D eigenvalue weighted by Crippen LogP contribution is 2.27. The first-order valence-corrected chi connectivity index (χ1v) is 11.5. The fourth-order valence-electron chi connectivity index (χ4n) is 3.99. The summed E-state index contributed by atoms with van der Waals surface area (Å²) in [4.78, 5) is 27.4. The topological polar surface area (TPSA) is 78.1 Å². The number of piperidine rings is 1. The van der Waals surface area contributed by atoms with E-state index in [4.69, 9.17) is 23.2 Å². The number of nitrogens with zero attached hydrogens (tertiary/aromatic N) is 3. The zero-order valence-corrected chi connectivity index (χ0v) is 19.4. The van der Waals surface area contributed by atoms with Crippen LogP contribution < -0.4 is 5.32 Å².